The molecule has 52 heavy (non-hydrogen) atoms. The van der Waals surface area contributed by atoms with Crippen LogP contribution < -0.4 is 4.90 Å². The molecule has 0 atom stereocenters. The van der Waals surface area contributed by atoms with Crippen LogP contribution in [0.15, 0.2) is 180 Å². The summed E-state index contributed by atoms with van der Waals surface area (Å²) >= 11 is 3.72. The van der Waals surface area contributed by atoms with Gasteiger partial charge in [0.2, 0.25) is 0 Å². The number of furan rings is 1. The van der Waals surface area contributed by atoms with E-state index < -0.39 is 0 Å². The number of anilines is 3. The van der Waals surface area contributed by atoms with Crippen molar-refractivity contribution in [2.45, 2.75) is 0 Å². The van der Waals surface area contributed by atoms with Crippen LogP contribution in [-0.2, 0) is 0 Å². The first-order chi connectivity index (χ1) is 25.8. The zero-order valence-electron chi connectivity index (χ0n) is 27.9. The molecule has 0 bridgehead atoms. The van der Waals surface area contributed by atoms with E-state index in [4.69, 9.17) is 4.42 Å². The Morgan fingerprint density at radius 3 is 1.77 bits per heavy atom. The predicted octanol–water partition coefficient (Wildman–Crippen LogP) is 15.1. The van der Waals surface area contributed by atoms with E-state index in [2.05, 4.69) is 181 Å². The summed E-state index contributed by atoms with van der Waals surface area (Å²) in [5.41, 5.74) is 10.0. The molecule has 0 aliphatic heterocycles. The molecule has 0 unspecified atom stereocenters. The lowest BCUT2D eigenvalue weighted by molar-refractivity contribution is 0.669. The molecule has 8 aromatic carbocycles. The molecule has 0 saturated heterocycles. The van der Waals surface area contributed by atoms with Gasteiger partial charge in [-0.25, -0.2) is 0 Å². The molecule has 0 aliphatic rings. The largest absolute Gasteiger partial charge is 0.456 e. The van der Waals surface area contributed by atoms with Crippen LogP contribution in [0, 0.1) is 0 Å². The van der Waals surface area contributed by atoms with Crippen molar-refractivity contribution >= 4 is 102 Å². The SMILES string of the molecule is c1ccc(N(c2ccccc2)c2cccc3sc4cccc(-c5cccc6oc7ccc(-c8ccc9c(c8)sc8ccccc89)cc7c56)c4c23)cc1. The Bertz CT molecular complexity index is 3090. The maximum atomic E-state index is 6.57. The second-order valence-corrected chi connectivity index (χ2v) is 15.4. The summed E-state index contributed by atoms with van der Waals surface area (Å²) in [4.78, 5) is 2.39. The van der Waals surface area contributed by atoms with Crippen LogP contribution in [0.3, 0.4) is 0 Å². The topological polar surface area (TPSA) is 16.4 Å². The van der Waals surface area contributed by atoms with E-state index in [1.165, 1.54) is 62.6 Å². The number of hydrogen-bond donors (Lipinski definition) is 0. The fourth-order valence-electron chi connectivity index (χ4n) is 7.98. The molecule has 2 nitrogen and oxygen atoms in total. The van der Waals surface area contributed by atoms with Crippen LogP contribution in [0.25, 0.3) is 84.5 Å². The average molecular weight is 700 g/mol. The van der Waals surface area contributed by atoms with E-state index in [1.54, 1.807) is 0 Å². The van der Waals surface area contributed by atoms with E-state index >= 15 is 0 Å². The fourth-order valence-corrected chi connectivity index (χ4v) is 10.3. The second-order valence-electron chi connectivity index (χ2n) is 13.2. The molecule has 0 aliphatic carbocycles. The van der Waals surface area contributed by atoms with Crippen molar-refractivity contribution in [3.8, 4) is 22.3 Å². The van der Waals surface area contributed by atoms with E-state index in [-0.39, 0.29) is 0 Å². The standard InChI is InChI=1S/C48H29NOS2/c1-3-12-32(13-4-1)49(33-14-5-2-6-15-33)39-19-11-23-44-48(39)47-37(18-10-22-43(47)52-44)36-17-9-20-41-46(36)38-28-30(25-27-40(38)50-41)31-24-26-35-34-16-7-8-21-42(34)51-45(35)29-31/h1-29H. The molecular weight excluding hydrogens is 671 g/mol. The van der Waals surface area contributed by atoms with Crippen molar-refractivity contribution in [3.63, 3.8) is 0 Å². The second kappa shape index (κ2) is 11.7. The predicted molar refractivity (Wildman–Crippen MR) is 225 cm³/mol. The highest BCUT2D eigenvalue weighted by Crippen LogP contribution is 2.49. The molecule has 0 fully saturated rings. The van der Waals surface area contributed by atoms with Crippen LogP contribution in [0.4, 0.5) is 17.1 Å². The van der Waals surface area contributed by atoms with Crippen molar-refractivity contribution in [1.29, 1.82) is 0 Å². The number of thiophene rings is 2. The maximum absolute atomic E-state index is 6.57. The van der Waals surface area contributed by atoms with Crippen LogP contribution in [-0.4, -0.2) is 0 Å². The third-order valence-electron chi connectivity index (χ3n) is 10.3. The third-order valence-corrected chi connectivity index (χ3v) is 12.5. The highest BCUT2D eigenvalue weighted by molar-refractivity contribution is 7.26. The van der Waals surface area contributed by atoms with Gasteiger partial charge in [0.25, 0.3) is 0 Å². The van der Waals surface area contributed by atoms with Gasteiger partial charge in [0.15, 0.2) is 0 Å². The molecule has 244 valence electrons. The summed E-state index contributed by atoms with van der Waals surface area (Å²) in [7, 11) is 0. The lowest BCUT2D eigenvalue weighted by Gasteiger charge is -2.26. The quantitative estimate of drug-likeness (QED) is 0.178. The first-order valence-corrected chi connectivity index (χ1v) is 19.1. The van der Waals surface area contributed by atoms with Gasteiger partial charge < -0.3 is 9.32 Å². The van der Waals surface area contributed by atoms with Crippen molar-refractivity contribution < 1.29 is 4.42 Å². The van der Waals surface area contributed by atoms with Crippen LogP contribution in [0.5, 0.6) is 0 Å². The summed E-state index contributed by atoms with van der Waals surface area (Å²) in [5, 5.41) is 7.44. The average Bonchev–Trinajstić information content (AvgIpc) is 3.90. The van der Waals surface area contributed by atoms with Crippen molar-refractivity contribution in [2.24, 2.45) is 0 Å². The number of para-hydroxylation sites is 2. The molecule has 0 radical (unpaired) electrons. The zero-order chi connectivity index (χ0) is 34.2. The highest BCUT2D eigenvalue weighted by Gasteiger charge is 2.22. The highest BCUT2D eigenvalue weighted by atomic mass is 32.1. The summed E-state index contributed by atoms with van der Waals surface area (Å²) < 4.78 is 11.7. The molecule has 0 spiro atoms. The maximum Gasteiger partial charge on any atom is 0.136 e. The lowest BCUT2D eigenvalue weighted by atomic mass is 9.94. The molecule has 3 aromatic heterocycles. The number of hydrogen-bond acceptors (Lipinski definition) is 4. The monoisotopic (exact) mass is 699 g/mol. The Labute approximate surface area is 308 Å². The zero-order valence-corrected chi connectivity index (χ0v) is 29.5. The molecule has 3 heterocycles. The van der Waals surface area contributed by atoms with Gasteiger partial charge in [-0.15, -0.1) is 22.7 Å². The van der Waals surface area contributed by atoms with Crippen molar-refractivity contribution in [1.82, 2.24) is 0 Å². The van der Waals surface area contributed by atoms with E-state index in [0.29, 0.717) is 0 Å². The van der Waals surface area contributed by atoms with Crippen LogP contribution in [0.1, 0.15) is 0 Å². The van der Waals surface area contributed by atoms with Gasteiger partial charge in [0.05, 0.1) is 5.69 Å². The minimum Gasteiger partial charge on any atom is -0.456 e. The van der Waals surface area contributed by atoms with Gasteiger partial charge in [0, 0.05) is 62.5 Å². The summed E-state index contributed by atoms with van der Waals surface area (Å²) in [5.74, 6) is 0. The molecule has 4 heteroatoms. The van der Waals surface area contributed by atoms with E-state index in [9.17, 15) is 0 Å². The first kappa shape index (κ1) is 29.5. The first-order valence-electron chi connectivity index (χ1n) is 17.5. The molecular formula is C48H29NOS2. The number of fused-ring (bicyclic) bond motifs is 9. The van der Waals surface area contributed by atoms with Gasteiger partial charge >= 0.3 is 0 Å². The fraction of sp³-hybridized carbons (Fsp3) is 0. The minimum absolute atomic E-state index is 0.900. The number of nitrogens with zero attached hydrogens (tertiary/aromatic N) is 1. The molecule has 0 amide bonds. The third kappa shape index (κ3) is 4.55. The summed E-state index contributed by atoms with van der Waals surface area (Å²) in [6.07, 6.45) is 0. The van der Waals surface area contributed by atoms with Gasteiger partial charge in [-0.05, 0) is 95.1 Å². The van der Waals surface area contributed by atoms with Gasteiger partial charge in [0.1, 0.15) is 11.2 Å². The Morgan fingerprint density at radius 2 is 0.962 bits per heavy atom. The smallest absolute Gasteiger partial charge is 0.136 e. The molecule has 0 saturated carbocycles. The summed E-state index contributed by atoms with van der Waals surface area (Å²) in [6.45, 7) is 0. The minimum atomic E-state index is 0.900. The molecule has 11 rings (SSSR count). The van der Waals surface area contributed by atoms with Crippen molar-refractivity contribution in [2.75, 3.05) is 4.90 Å². The van der Waals surface area contributed by atoms with Crippen LogP contribution in [0.2, 0.25) is 0 Å². The Kier molecular flexibility index (Phi) is 6.63. The van der Waals surface area contributed by atoms with E-state index in [0.717, 1.165) is 39.0 Å². The Hall–Kier alpha value is -6.20. The van der Waals surface area contributed by atoms with Crippen molar-refractivity contribution in [3.05, 3.63) is 176 Å². The number of benzene rings is 8. The van der Waals surface area contributed by atoms with Gasteiger partial charge in [-0.2, -0.15) is 0 Å². The van der Waals surface area contributed by atoms with Gasteiger partial charge in [-0.1, -0.05) is 103 Å². The Morgan fingerprint density at radius 1 is 0.365 bits per heavy atom. The normalized spacial score (nSPS) is 11.8. The number of rotatable bonds is 5. The molecule has 11 aromatic rings. The van der Waals surface area contributed by atoms with Crippen LogP contribution >= 0.6 is 22.7 Å². The van der Waals surface area contributed by atoms with Gasteiger partial charge in [-0.3, -0.25) is 0 Å². The lowest BCUT2D eigenvalue weighted by Crippen LogP contribution is -2.10. The van der Waals surface area contributed by atoms with E-state index in [1.807, 2.05) is 22.7 Å². The molecule has 0 N–H and O–H groups in total. The summed E-state index contributed by atoms with van der Waals surface area (Å²) in [6, 6.07) is 63.5. The Balaban J connectivity index is 1.14.